The summed E-state index contributed by atoms with van der Waals surface area (Å²) in [5, 5.41) is 13.0. The van der Waals surface area contributed by atoms with E-state index in [9.17, 15) is 5.11 Å². The minimum Gasteiger partial charge on any atom is -0.508 e. The molecule has 1 aromatic heterocycles. The van der Waals surface area contributed by atoms with E-state index in [-0.39, 0.29) is 17.9 Å². The second-order valence-corrected chi connectivity index (χ2v) is 4.35. The maximum atomic E-state index is 9.21. The number of aromatic hydroxyl groups is 1. The van der Waals surface area contributed by atoms with E-state index in [1.165, 1.54) is 0 Å². The Labute approximate surface area is 111 Å². The molecule has 0 aliphatic rings. The quantitative estimate of drug-likeness (QED) is 0.853. The number of hydrogen-bond donors (Lipinski definition) is 2. The van der Waals surface area contributed by atoms with Gasteiger partial charge in [0.15, 0.2) is 5.82 Å². The third-order valence-electron chi connectivity index (χ3n) is 2.88. The van der Waals surface area contributed by atoms with Crippen molar-refractivity contribution in [2.75, 3.05) is 7.11 Å². The molecule has 0 aliphatic carbocycles. The molecule has 2 aromatic rings. The van der Waals surface area contributed by atoms with Crippen molar-refractivity contribution in [2.24, 2.45) is 5.73 Å². The lowest BCUT2D eigenvalue weighted by atomic mass is 10.1. The van der Waals surface area contributed by atoms with Gasteiger partial charge in [-0.2, -0.15) is 4.98 Å². The van der Waals surface area contributed by atoms with Crippen LogP contribution in [0.2, 0.25) is 0 Å². The van der Waals surface area contributed by atoms with Crippen molar-refractivity contribution in [1.82, 2.24) is 10.1 Å². The zero-order valence-electron chi connectivity index (χ0n) is 10.9. The van der Waals surface area contributed by atoms with Crippen LogP contribution in [0.1, 0.15) is 36.3 Å². The standard InChI is InChI=1S/C13H17N3O3/c1-8(18-2)12-15-13(19-16-12)11(14)7-9-3-5-10(17)6-4-9/h3-6,8,11,17H,7,14H2,1-2H3/t8?,11-/m0/s1. The second kappa shape index (κ2) is 5.81. The van der Waals surface area contributed by atoms with Gasteiger partial charge in [0.25, 0.3) is 0 Å². The smallest absolute Gasteiger partial charge is 0.243 e. The molecule has 102 valence electrons. The monoisotopic (exact) mass is 263 g/mol. The fraction of sp³-hybridized carbons (Fsp3) is 0.385. The van der Waals surface area contributed by atoms with Crippen LogP contribution >= 0.6 is 0 Å². The fourth-order valence-electron chi connectivity index (χ4n) is 1.64. The number of hydrogen-bond acceptors (Lipinski definition) is 6. The van der Waals surface area contributed by atoms with Crippen molar-refractivity contribution in [3.8, 4) is 5.75 Å². The minimum atomic E-state index is -0.380. The molecule has 0 fully saturated rings. The molecule has 1 aromatic carbocycles. The summed E-state index contributed by atoms with van der Waals surface area (Å²) in [5.74, 6) is 1.09. The van der Waals surface area contributed by atoms with Crippen LogP contribution in [0.3, 0.4) is 0 Å². The van der Waals surface area contributed by atoms with E-state index in [1.807, 2.05) is 19.1 Å². The molecule has 1 heterocycles. The van der Waals surface area contributed by atoms with E-state index >= 15 is 0 Å². The number of phenols is 1. The number of nitrogens with two attached hydrogens (primary N) is 1. The maximum Gasteiger partial charge on any atom is 0.243 e. The molecule has 6 nitrogen and oxygen atoms in total. The van der Waals surface area contributed by atoms with Gasteiger partial charge in [-0.15, -0.1) is 0 Å². The molecule has 0 bridgehead atoms. The summed E-state index contributed by atoms with van der Waals surface area (Å²) < 4.78 is 10.2. The Bertz CT molecular complexity index is 524. The van der Waals surface area contributed by atoms with Crippen molar-refractivity contribution < 1.29 is 14.4 Å². The van der Waals surface area contributed by atoms with E-state index in [4.69, 9.17) is 15.0 Å². The van der Waals surface area contributed by atoms with E-state index in [0.717, 1.165) is 5.56 Å². The number of rotatable bonds is 5. The van der Waals surface area contributed by atoms with Crippen LogP contribution < -0.4 is 5.73 Å². The average Bonchev–Trinajstić information content (AvgIpc) is 2.90. The van der Waals surface area contributed by atoms with Gasteiger partial charge in [0.1, 0.15) is 11.9 Å². The summed E-state index contributed by atoms with van der Waals surface area (Å²) in [5.41, 5.74) is 7.01. The van der Waals surface area contributed by atoms with Gasteiger partial charge in [-0.05, 0) is 31.0 Å². The lowest BCUT2D eigenvalue weighted by Gasteiger charge is -2.06. The number of methoxy groups -OCH3 is 1. The number of ether oxygens (including phenoxy) is 1. The van der Waals surface area contributed by atoms with Crippen LogP contribution in [0.4, 0.5) is 0 Å². The fourth-order valence-corrected chi connectivity index (χ4v) is 1.64. The number of nitrogens with zero attached hydrogens (tertiary/aromatic N) is 2. The highest BCUT2D eigenvalue weighted by atomic mass is 16.5. The van der Waals surface area contributed by atoms with Crippen molar-refractivity contribution in [3.63, 3.8) is 0 Å². The predicted molar refractivity (Wildman–Crippen MR) is 68.5 cm³/mol. The van der Waals surface area contributed by atoms with Gasteiger partial charge in [0.2, 0.25) is 5.89 Å². The zero-order chi connectivity index (χ0) is 13.8. The SMILES string of the molecule is COC(C)c1noc([C@@H](N)Cc2ccc(O)cc2)n1. The van der Waals surface area contributed by atoms with Crippen LogP contribution in [0.5, 0.6) is 5.75 Å². The predicted octanol–water partition coefficient (Wildman–Crippen LogP) is 1.73. The maximum absolute atomic E-state index is 9.21. The molecule has 2 rings (SSSR count). The molecule has 1 unspecified atom stereocenters. The molecule has 2 atom stereocenters. The third kappa shape index (κ3) is 3.30. The Morgan fingerprint density at radius 3 is 2.68 bits per heavy atom. The Kier molecular flexibility index (Phi) is 4.13. The van der Waals surface area contributed by atoms with Gasteiger partial charge in [-0.3, -0.25) is 0 Å². The van der Waals surface area contributed by atoms with E-state index in [0.29, 0.717) is 18.1 Å². The van der Waals surface area contributed by atoms with Gasteiger partial charge < -0.3 is 20.1 Å². The van der Waals surface area contributed by atoms with Gasteiger partial charge in [-0.1, -0.05) is 17.3 Å². The highest BCUT2D eigenvalue weighted by Crippen LogP contribution is 2.19. The molecule has 0 aliphatic heterocycles. The minimum absolute atomic E-state index is 0.224. The van der Waals surface area contributed by atoms with Gasteiger partial charge >= 0.3 is 0 Å². The van der Waals surface area contributed by atoms with E-state index in [2.05, 4.69) is 10.1 Å². The third-order valence-corrected chi connectivity index (χ3v) is 2.88. The molecule has 0 radical (unpaired) electrons. The number of phenolic OH excluding ortho intramolecular Hbond substituents is 1. The summed E-state index contributed by atoms with van der Waals surface area (Å²) in [4.78, 5) is 4.22. The summed E-state index contributed by atoms with van der Waals surface area (Å²) in [7, 11) is 1.58. The Balaban J connectivity index is 2.05. The molecule has 3 N–H and O–H groups in total. The first-order valence-corrected chi connectivity index (χ1v) is 6.00. The summed E-state index contributed by atoms with van der Waals surface area (Å²) >= 11 is 0. The Morgan fingerprint density at radius 1 is 1.37 bits per heavy atom. The Hall–Kier alpha value is -1.92. The zero-order valence-corrected chi connectivity index (χ0v) is 10.9. The molecule has 6 heteroatoms. The highest BCUT2D eigenvalue weighted by Gasteiger charge is 2.18. The largest absolute Gasteiger partial charge is 0.508 e. The Morgan fingerprint density at radius 2 is 2.05 bits per heavy atom. The van der Waals surface area contributed by atoms with Crippen molar-refractivity contribution in [3.05, 3.63) is 41.5 Å². The van der Waals surface area contributed by atoms with E-state index in [1.54, 1.807) is 19.2 Å². The molecule has 19 heavy (non-hydrogen) atoms. The lowest BCUT2D eigenvalue weighted by molar-refractivity contribution is 0.109. The van der Waals surface area contributed by atoms with Crippen molar-refractivity contribution >= 4 is 0 Å². The van der Waals surface area contributed by atoms with E-state index < -0.39 is 0 Å². The van der Waals surface area contributed by atoms with Gasteiger partial charge in [0.05, 0.1) is 6.04 Å². The number of aromatic nitrogens is 2. The summed E-state index contributed by atoms with van der Waals surface area (Å²) in [6, 6.07) is 6.48. The summed E-state index contributed by atoms with van der Waals surface area (Å²) in [6.07, 6.45) is 0.335. The lowest BCUT2D eigenvalue weighted by Crippen LogP contribution is -2.14. The molecule has 0 saturated carbocycles. The first-order valence-electron chi connectivity index (χ1n) is 6.00. The first kappa shape index (κ1) is 13.5. The van der Waals surface area contributed by atoms with Crippen molar-refractivity contribution in [2.45, 2.75) is 25.5 Å². The van der Waals surface area contributed by atoms with Crippen LogP contribution in [0.25, 0.3) is 0 Å². The van der Waals surface area contributed by atoms with Crippen LogP contribution in [0, 0.1) is 0 Å². The molecule has 0 spiro atoms. The van der Waals surface area contributed by atoms with Gasteiger partial charge in [0, 0.05) is 7.11 Å². The number of benzene rings is 1. The molecular weight excluding hydrogens is 246 g/mol. The van der Waals surface area contributed by atoms with Crippen LogP contribution in [-0.2, 0) is 11.2 Å². The van der Waals surface area contributed by atoms with Crippen LogP contribution in [0.15, 0.2) is 28.8 Å². The molecule has 0 amide bonds. The summed E-state index contributed by atoms with van der Waals surface area (Å²) in [6.45, 7) is 1.83. The molecular formula is C13H17N3O3. The second-order valence-electron chi connectivity index (χ2n) is 4.35. The van der Waals surface area contributed by atoms with Crippen molar-refractivity contribution in [1.29, 1.82) is 0 Å². The first-order chi connectivity index (χ1) is 9.10. The normalized spacial score (nSPS) is 14.3. The topological polar surface area (TPSA) is 94.4 Å². The van der Waals surface area contributed by atoms with Crippen LogP contribution in [-0.4, -0.2) is 22.4 Å². The van der Waals surface area contributed by atoms with Gasteiger partial charge in [-0.25, -0.2) is 0 Å². The molecule has 0 saturated heterocycles. The highest BCUT2D eigenvalue weighted by molar-refractivity contribution is 5.26. The average molecular weight is 263 g/mol.